The van der Waals surface area contributed by atoms with Crippen LogP contribution in [0.1, 0.15) is 53.4 Å². The molecule has 0 rings (SSSR count). The number of unbranched alkanes of at least 4 members (excludes halogenated alkanes) is 1. The first-order valence-electron chi connectivity index (χ1n) is 6.32. The summed E-state index contributed by atoms with van der Waals surface area (Å²) in [6.07, 6.45) is 4.74. The number of rotatable bonds is 9. The zero-order chi connectivity index (χ0) is 12.6. The summed E-state index contributed by atoms with van der Waals surface area (Å²) in [5, 5.41) is 7.47. The van der Waals surface area contributed by atoms with Crippen molar-refractivity contribution in [1.29, 1.82) is 5.41 Å². The molecule has 16 heavy (non-hydrogen) atoms. The highest BCUT2D eigenvalue weighted by molar-refractivity contribution is 7.99. The Kier molecular flexibility index (Phi) is 7.90. The highest BCUT2D eigenvalue weighted by Gasteiger charge is 2.20. The first-order valence-corrected chi connectivity index (χ1v) is 7.48. The third kappa shape index (κ3) is 7.15. The van der Waals surface area contributed by atoms with Crippen LogP contribution < -0.4 is 5.73 Å². The molecule has 0 spiro atoms. The molecule has 0 saturated heterocycles. The summed E-state index contributed by atoms with van der Waals surface area (Å²) in [6.45, 7) is 8.68. The Morgan fingerprint density at radius 2 is 2.00 bits per heavy atom. The summed E-state index contributed by atoms with van der Waals surface area (Å²) < 4.78 is 0. The van der Waals surface area contributed by atoms with Crippen LogP contribution in [-0.2, 0) is 0 Å². The van der Waals surface area contributed by atoms with Crippen LogP contribution in [0.5, 0.6) is 0 Å². The number of amidine groups is 1. The average Bonchev–Trinajstić information content (AvgIpc) is 2.22. The lowest BCUT2D eigenvalue weighted by molar-refractivity contribution is 0.448. The number of hydrogen-bond acceptors (Lipinski definition) is 2. The smallest absolute Gasteiger partial charge is 0.0963 e. The Bertz CT molecular complexity index is 202. The highest BCUT2D eigenvalue weighted by atomic mass is 32.2. The standard InChI is InChI=1S/C13H28N2S/c1-5-11(2)10-16-9-7-6-8-13(3,4)12(14)15/h11H,5-10H2,1-4H3,(H3,14,15). The topological polar surface area (TPSA) is 49.9 Å². The van der Waals surface area contributed by atoms with E-state index in [0.29, 0.717) is 5.84 Å². The maximum atomic E-state index is 7.47. The highest BCUT2D eigenvalue weighted by Crippen LogP contribution is 2.23. The molecule has 0 heterocycles. The van der Waals surface area contributed by atoms with Gasteiger partial charge in [0.1, 0.15) is 0 Å². The van der Waals surface area contributed by atoms with E-state index in [-0.39, 0.29) is 5.41 Å². The molecule has 0 saturated carbocycles. The lowest BCUT2D eigenvalue weighted by atomic mass is 9.86. The fourth-order valence-corrected chi connectivity index (χ4v) is 2.52. The van der Waals surface area contributed by atoms with Crippen molar-refractivity contribution >= 4 is 17.6 Å². The van der Waals surface area contributed by atoms with Gasteiger partial charge in [-0.2, -0.15) is 11.8 Å². The van der Waals surface area contributed by atoms with Gasteiger partial charge < -0.3 is 5.73 Å². The fraction of sp³-hybridized carbons (Fsp3) is 0.923. The average molecular weight is 244 g/mol. The molecule has 0 aliphatic rings. The van der Waals surface area contributed by atoms with E-state index in [1.54, 1.807) is 0 Å². The Morgan fingerprint density at radius 3 is 2.50 bits per heavy atom. The van der Waals surface area contributed by atoms with Crippen LogP contribution in [0.4, 0.5) is 0 Å². The maximum Gasteiger partial charge on any atom is 0.0963 e. The van der Waals surface area contributed by atoms with E-state index in [1.165, 1.54) is 30.8 Å². The third-order valence-electron chi connectivity index (χ3n) is 3.17. The lowest BCUT2D eigenvalue weighted by Crippen LogP contribution is -2.30. The number of nitrogens with one attached hydrogen (secondary N) is 1. The quantitative estimate of drug-likeness (QED) is 0.367. The molecule has 2 nitrogen and oxygen atoms in total. The molecule has 0 amide bonds. The van der Waals surface area contributed by atoms with Gasteiger partial charge in [0.2, 0.25) is 0 Å². The van der Waals surface area contributed by atoms with Gasteiger partial charge in [0.25, 0.3) is 0 Å². The van der Waals surface area contributed by atoms with Crippen molar-refractivity contribution < 1.29 is 0 Å². The van der Waals surface area contributed by atoms with Crippen LogP contribution in [0, 0.1) is 16.7 Å². The third-order valence-corrected chi connectivity index (χ3v) is 4.55. The summed E-state index contributed by atoms with van der Waals surface area (Å²) in [4.78, 5) is 0. The maximum absolute atomic E-state index is 7.47. The molecule has 1 unspecified atom stereocenters. The van der Waals surface area contributed by atoms with Crippen LogP contribution in [0.15, 0.2) is 0 Å². The van der Waals surface area contributed by atoms with E-state index in [1.807, 2.05) is 0 Å². The SMILES string of the molecule is CCC(C)CSCCCCC(C)(C)C(=N)N. The molecule has 0 aliphatic carbocycles. The van der Waals surface area contributed by atoms with Gasteiger partial charge in [0.15, 0.2) is 0 Å². The summed E-state index contributed by atoms with van der Waals surface area (Å²) in [7, 11) is 0. The summed E-state index contributed by atoms with van der Waals surface area (Å²) in [5.41, 5.74) is 5.44. The minimum atomic E-state index is -0.110. The predicted molar refractivity (Wildman–Crippen MR) is 76.3 cm³/mol. The van der Waals surface area contributed by atoms with Crippen LogP contribution in [0.3, 0.4) is 0 Å². The van der Waals surface area contributed by atoms with Gasteiger partial charge >= 0.3 is 0 Å². The molecule has 0 fully saturated rings. The molecule has 1 atom stereocenters. The Labute approximate surface area is 105 Å². The predicted octanol–water partition coefficient (Wildman–Crippen LogP) is 3.90. The summed E-state index contributed by atoms with van der Waals surface area (Å²) >= 11 is 2.06. The Hall–Kier alpha value is -0.180. The van der Waals surface area contributed by atoms with E-state index >= 15 is 0 Å². The van der Waals surface area contributed by atoms with E-state index in [4.69, 9.17) is 11.1 Å². The van der Waals surface area contributed by atoms with E-state index < -0.39 is 0 Å². The van der Waals surface area contributed by atoms with Gasteiger partial charge in [-0.15, -0.1) is 0 Å². The second kappa shape index (κ2) is 7.99. The van der Waals surface area contributed by atoms with Gasteiger partial charge in [-0.25, -0.2) is 0 Å². The lowest BCUT2D eigenvalue weighted by Gasteiger charge is -2.22. The molecule has 0 aromatic carbocycles. The normalized spacial score (nSPS) is 13.8. The molecule has 0 aromatic heterocycles. The minimum absolute atomic E-state index is 0.110. The van der Waals surface area contributed by atoms with Crippen molar-refractivity contribution in [1.82, 2.24) is 0 Å². The van der Waals surface area contributed by atoms with E-state index in [9.17, 15) is 0 Å². The monoisotopic (exact) mass is 244 g/mol. The Morgan fingerprint density at radius 1 is 1.38 bits per heavy atom. The molecule has 0 radical (unpaired) electrons. The first-order chi connectivity index (χ1) is 7.40. The van der Waals surface area contributed by atoms with Crippen LogP contribution in [-0.4, -0.2) is 17.3 Å². The van der Waals surface area contributed by atoms with Crippen molar-refractivity contribution in [2.24, 2.45) is 17.1 Å². The zero-order valence-corrected chi connectivity index (χ0v) is 12.1. The van der Waals surface area contributed by atoms with Crippen molar-refractivity contribution in [2.75, 3.05) is 11.5 Å². The van der Waals surface area contributed by atoms with Crippen molar-refractivity contribution in [3.63, 3.8) is 0 Å². The number of hydrogen-bond donors (Lipinski definition) is 2. The van der Waals surface area contributed by atoms with Gasteiger partial charge in [0.05, 0.1) is 5.84 Å². The molecule has 0 bridgehead atoms. The van der Waals surface area contributed by atoms with Crippen molar-refractivity contribution in [3.8, 4) is 0 Å². The zero-order valence-electron chi connectivity index (χ0n) is 11.3. The summed E-state index contributed by atoms with van der Waals surface area (Å²) in [6, 6.07) is 0. The van der Waals surface area contributed by atoms with Crippen LogP contribution in [0.2, 0.25) is 0 Å². The molecule has 0 aliphatic heterocycles. The number of nitrogens with two attached hydrogens (primary N) is 1. The number of thioether (sulfide) groups is 1. The molecular weight excluding hydrogens is 216 g/mol. The van der Waals surface area contributed by atoms with Crippen LogP contribution in [0.25, 0.3) is 0 Å². The van der Waals surface area contributed by atoms with E-state index in [2.05, 4.69) is 39.5 Å². The molecule has 96 valence electrons. The van der Waals surface area contributed by atoms with Crippen molar-refractivity contribution in [3.05, 3.63) is 0 Å². The second-order valence-corrected chi connectivity index (χ2v) is 6.49. The first kappa shape index (κ1) is 15.8. The summed E-state index contributed by atoms with van der Waals surface area (Å²) in [5.74, 6) is 3.70. The van der Waals surface area contributed by atoms with Crippen molar-refractivity contribution in [2.45, 2.75) is 53.4 Å². The molecule has 3 heteroatoms. The molecule has 0 aromatic rings. The van der Waals surface area contributed by atoms with Gasteiger partial charge in [0, 0.05) is 5.41 Å². The van der Waals surface area contributed by atoms with Gasteiger partial charge in [-0.3, -0.25) is 5.41 Å². The van der Waals surface area contributed by atoms with Gasteiger partial charge in [-0.1, -0.05) is 40.5 Å². The molecular formula is C13H28N2S. The van der Waals surface area contributed by atoms with E-state index in [0.717, 1.165) is 12.3 Å². The minimum Gasteiger partial charge on any atom is -0.387 e. The van der Waals surface area contributed by atoms with Gasteiger partial charge in [-0.05, 0) is 30.3 Å². The Balaban J connectivity index is 3.44. The largest absolute Gasteiger partial charge is 0.387 e. The fourth-order valence-electron chi connectivity index (χ4n) is 1.31. The molecule has 3 N–H and O–H groups in total. The second-order valence-electron chi connectivity index (χ2n) is 5.34. The van der Waals surface area contributed by atoms with Crippen LogP contribution >= 0.6 is 11.8 Å².